The molecule has 1 aliphatic rings. The average molecular weight is 249 g/mol. The summed E-state index contributed by atoms with van der Waals surface area (Å²) in [5.74, 6) is 0.844. The number of nitrogens with one attached hydrogen (secondary N) is 1. The molecule has 1 unspecified atom stereocenters. The van der Waals surface area contributed by atoms with E-state index in [1.165, 1.54) is 16.9 Å². The molecule has 92 valence electrons. The highest BCUT2D eigenvalue weighted by atomic mass is 32.1. The Bertz CT molecular complexity index is 422. The lowest BCUT2D eigenvalue weighted by Gasteiger charge is -2.18. The van der Waals surface area contributed by atoms with E-state index in [-0.39, 0.29) is 5.91 Å². The van der Waals surface area contributed by atoms with Crippen molar-refractivity contribution < 1.29 is 4.79 Å². The van der Waals surface area contributed by atoms with E-state index in [1.54, 1.807) is 11.3 Å². The van der Waals surface area contributed by atoms with E-state index in [2.05, 4.69) is 18.8 Å². The van der Waals surface area contributed by atoms with Gasteiger partial charge in [0.2, 0.25) is 0 Å². The molecule has 1 aromatic heterocycles. The summed E-state index contributed by atoms with van der Waals surface area (Å²) in [5, 5.41) is 4.96. The Morgan fingerprint density at radius 3 is 3.29 bits per heavy atom. The van der Waals surface area contributed by atoms with Crippen LogP contribution in [0.15, 0.2) is 18.0 Å². The molecule has 0 saturated heterocycles. The highest BCUT2D eigenvalue weighted by Gasteiger charge is 2.22. The number of carbonyl (C=O) groups is 1. The normalized spacial score (nSPS) is 18.5. The zero-order valence-corrected chi connectivity index (χ0v) is 11.1. The van der Waals surface area contributed by atoms with Crippen LogP contribution >= 0.6 is 11.3 Å². The van der Waals surface area contributed by atoms with E-state index in [0.29, 0.717) is 6.54 Å². The average Bonchev–Trinajstić information content (AvgIpc) is 2.72. The quantitative estimate of drug-likeness (QED) is 0.644. The SMILES string of the molecule is C=CCCNC(=O)c1csc2c1CCC(C)C2. The molecule has 0 bridgehead atoms. The van der Waals surface area contributed by atoms with Crippen molar-refractivity contribution >= 4 is 17.2 Å². The highest BCUT2D eigenvalue weighted by Crippen LogP contribution is 2.32. The second-order valence-corrected chi connectivity index (χ2v) is 5.70. The van der Waals surface area contributed by atoms with Crippen LogP contribution in [0.3, 0.4) is 0 Å². The van der Waals surface area contributed by atoms with Crippen molar-refractivity contribution in [3.05, 3.63) is 34.0 Å². The van der Waals surface area contributed by atoms with Crippen LogP contribution in [-0.4, -0.2) is 12.5 Å². The fraction of sp³-hybridized carbons (Fsp3) is 0.500. The zero-order chi connectivity index (χ0) is 12.3. The molecule has 3 heteroatoms. The van der Waals surface area contributed by atoms with Gasteiger partial charge in [-0.25, -0.2) is 0 Å². The monoisotopic (exact) mass is 249 g/mol. The molecule has 0 radical (unpaired) electrons. The van der Waals surface area contributed by atoms with Crippen molar-refractivity contribution in [2.45, 2.75) is 32.6 Å². The van der Waals surface area contributed by atoms with Crippen LogP contribution in [0, 0.1) is 5.92 Å². The molecule has 0 aromatic carbocycles. The molecule has 17 heavy (non-hydrogen) atoms. The minimum atomic E-state index is 0.0823. The van der Waals surface area contributed by atoms with Crippen molar-refractivity contribution in [3.8, 4) is 0 Å². The molecule has 0 aliphatic heterocycles. The van der Waals surface area contributed by atoms with Crippen LogP contribution in [0.2, 0.25) is 0 Å². The Hall–Kier alpha value is -1.09. The molecule has 2 nitrogen and oxygen atoms in total. The number of amides is 1. The molecule has 1 heterocycles. The summed E-state index contributed by atoms with van der Waals surface area (Å²) in [5.41, 5.74) is 2.20. The number of carbonyl (C=O) groups excluding carboxylic acids is 1. The Kier molecular flexibility index (Phi) is 4.00. The third-order valence-electron chi connectivity index (χ3n) is 3.28. The van der Waals surface area contributed by atoms with E-state index in [0.717, 1.165) is 30.7 Å². The van der Waals surface area contributed by atoms with Gasteiger partial charge < -0.3 is 5.32 Å². The van der Waals surface area contributed by atoms with Gasteiger partial charge in [0.25, 0.3) is 5.91 Å². The summed E-state index contributed by atoms with van der Waals surface area (Å²) < 4.78 is 0. The van der Waals surface area contributed by atoms with E-state index in [4.69, 9.17) is 0 Å². The first-order valence-corrected chi connectivity index (χ1v) is 7.08. The van der Waals surface area contributed by atoms with Crippen molar-refractivity contribution in [1.82, 2.24) is 5.32 Å². The summed E-state index contributed by atoms with van der Waals surface area (Å²) in [6, 6.07) is 0. The lowest BCUT2D eigenvalue weighted by atomic mass is 9.88. The predicted octanol–water partition coefficient (Wildman–Crippen LogP) is 3.18. The molecular weight excluding hydrogens is 230 g/mol. The van der Waals surface area contributed by atoms with Gasteiger partial charge in [-0.1, -0.05) is 13.0 Å². The van der Waals surface area contributed by atoms with E-state index < -0.39 is 0 Å². The number of fused-ring (bicyclic) bond motifs is 1. The summed E-state index contributed by atoms with van der Waals surface area (Å²) in [6.07, 6.45) is 6.06. The first-order valence-electron chi connectivity index (χ1n) is 6.20. The third-order valence-corrected chi connectivity index (χ3v) is 4.33. The van der Waals surface area contributed by atoms with Crippen molar-refractivity contribution in [1.29, 1.82) is 0 Å². The van der Waals surface area contributed by atoms with Crippen molar-refractivity contribution in [2.75, 3.05) is 6.54 Å². The molecule has 0 fully saturated rings. The van der Waals surface area contributed by atoms with Crippen LogP contribution < -0.4 is 5.32 Å². The summed E-state index contributed by atoms with van der Waals surface area (Å²) in [7, 11) is 0. The number of thiophene rings is 1. The Morgan fingerprint density at radius 2 is 2.53 bits per heavy atom. The van der Waals surface area contributed by atoms with Crippen molar-refractivity contribution in [2.24, 2.45) is 5.92 Å². The van der Waals surface area contributed by atoms with Gasteiger partial charge in [-0.05, 0) is 37.2 Å². The minimum Gasteiger partial charge on any atom is -0.352 e. The van der Waals surface area contributed by atoms with Crippen LogP contribution in [0.25, 0.3) is 0 Å². The third kappa shape index (κ3) is 2.78. The Balaban J connectivity index is 2.06. The molecule has 1 amide bonds. The lowest BCUT2D eigenvalue weighted by molar-refractivity contribution is 0.0953. The second kappa shape index (κ2) is 5.50. The van der Waals surface area contributed by atoms with Gasteiger partial charge in [0.05, 0.1) is 5.56 Å². The van der Waals surface area contributed by atoms with Gasteiger partial charge in [0.1, 0.15) is 0 Å². The topological polar surface area (TPSA) is 29.1 Å². The van der Waals surface area contributed by atoms with Crippen LogP contribution in [0.1, 0.15) is 40.6 Å². The molecule has 0 spiro atoms. The van der Waals surface area contributed by atoms with Crippen LogP contribution in [0.5, 0.6) is 0 Å². The highest BCUT2D eigenvalue weighted by molar-refractivity contribution is 7.10. The first-order chi connectivity index (χ1) is 8.22. The Labute approximate surface area is 107 Å². The summed E-state index contributed by atoms with van der Waals surface area (Å²) in [6.45, 7) is 6.62. The fourth-order valence-electron chi connectivity index (χ4n) is 2.25. The lowest BCUT2D eigenvalue weighted by Crippen LogP contribution is -2.25. The van der Waals surface area contributed by atoms with Gasteiger partial charge in [0.15, 0.2) is 0 Å². The maximum atomic E-state index is 12.0. The van der Waals surface area contributed by atoms with E-state index in [9.17, 15) is 4.79 Å². The largest absolute Gasteiger partial charge is 0.352 e. The minimum absolute atomic E-state index is 0.0823. The molecule has 1 atom stereocenters. The van der Waals surface area contributed by atoms with E-state index in [1.807, 2.05) is 11.5 Å². The van der Waals surface area contributed by atoms with Gasteiger partial charge >= 0.3 is 0 Å². The zero-order valence-electron chi connectivity index (χ0n) is 10.3. The first kappa shape index (κ1) is 12.4. The van der Waals surface area contributed by atoms with Crippen LogP contribution in [0.4, 0.5) is 0 Å². The summed E-state index contributed by atoms with van der Waals surface area (Å²) >= 11 is 1.74. The fourth-order valence-corrected chi connectivity index (χ4v) is 3.50. The number of hydrogen-bond donors (Lipinski definition) is 1. The number of rotatable bonds is 4. The van der Waals surface area contributed by atoms with Gasteiger partial charge in [-0.15, -0.1) is 17.9 Å². The van der Waals surface area contributed by atoms with Crippen LogP contribution in [-0.2, 0) is 12.8 Å². The Morgan fingerprint density at radius 1 is 1.71 bits per heavy atom. The molecule has 2 rings (SSSR count). The van der Waals surface area contributed by atoms with Gasteiger partial charge in [0, 0.05) is 16.8 Å². The predicted molar refractivity (Wildman–Crippen MR) is 72.7 cm³/mol. The molecule has 1 N–H and O–H groups in total. The maximum absolute atomic E-state index is 12.0. The second-order valence-electron chi connectivity index (χ2n) is 4.73. The van der Waals surface area contributed by atoms with Gasteiger partial charge in [-0.3, -0.25) is 4.79 Å². The molecule has 0 saturated carbocycles. The molecular formula is C14H19NOS. The maximum Gasteiger partial charge on any atom is 0.252 e. The number of hydrogen-bond acceptors (Lipinski definition) is 2. The smallest absolute Gasteiger partial charge is 0.252 e. The summed E-state index contributed by atoms with van der Waals surface area (Å²) in [4.78, 5) is 13.4. The van der Waals surface area contributed by atoms with Gasteiger partial charge in [-0.2, -0.15) is 0 Å². The van der Waals surface area contributed by atoms with Crippen molar-refractivity contribution in [3.63, 3.8) is 0 Å². The molecule has 1 aliphatic carbocycles. The molecule has 1 aromatic rings. The standard InChI is InChI=1S/C14H19NOS/c1-3-4-7-15-14(16)12-9-17-13-8-10(2)5-6-11(12)13/h3,9-10H,1,4-8H2,2H3,(H,15,16). The van der Waals surface area contributed by atoms with E-state index >= 15 is 0 Å².